The molecule has 0 aliphatic heterocycles. The van der Waals surface area contributed by atoms with Gasteiger partial charge in [-0.1, -0.05) is 0 Å². The van der Waals surface area contributed by atoms with Gasteiger partial charge in [-0.25, -0.2) is 0 Å². The number of nitrogens with zero attached hydrogens (tertiary/aromatic N) is 1. The molecular weight excluding hydrogens is 353 g/mol. The normalized spacial score (nSPS) is 14.0. The highest BCUT2D eigenvalue weighted by Gasteiger charge is 2.36. The Morgan fingerprint density at radius 1 is 1.19 bits per heavy atom. The first-order valence-electron chi connectivity index (χ1n) is 7.41. The van der Waals surface area contributed by atoms with Gasteiger partial charge in [-0.2, -0.15) is 13.2 Å². The lowest BCUT2D eigenvalue weighted by molar-refractivity contribution is -0.141. The van der Waals surface area contributed by atoms with Crippen LogP contribution >= 0.6 is 0 Å². The Bertz CT molecular complexity index is 822. The maximum atomic E-state index is 12.5. The first-order chi connectivity index (χ1) is 12.3. The summed E-state index contributed by atoms with van der Waals surface area (Å²) in [4.78, 5) is 15.4. The highest BCUT2D eigenvalue weighted by atomic mass is 19.4. The zero-order valence-corrected chi connectivity index (χ0v) is 13.2. The fraction of sp³-hybridized carbons (Fsp3) is 0.176. The van der Waals surface area contributed by atoms with Crippen molar-refractivity contribution in [2.75, 3.05) is 6.54 Å². The van der Waals surface area contributed by atoms with E-state index in [0.29, 0.717) is 11.6 Å². The third-order valence-corrected chi connectivity index (χ3v) is 3.75. The summed E-state index contributed by atoms with van der Waals surface area (Å²) in [6, 6.07) is 6.33. The Labute approximate surface area is 145 Å². The maximum absolute atomic E-state index is 12.5. The molecule has 6 nitrogen and oxygen atoms in total. The number of hydrogen-bond acceptors (Lipinski definition) is 5. The second-order valence-electron chi connectivity index (χ2n) is 5.46. The predicted molar refractivity (Wildman–Crippen MR) is 82.0 cm³/mol. The first-order valence-corrected chi connectivity index (χ1v) is 7.41. The van der Waals surface area contributed by atoms with Gasteiger partial charge in [-0.05, 0) is 30.3 Å². The van der Waals surface area contributed by atoms with Gasteiger partial charge >= 0.3 is 6.18 Å². The minimum Gasteiger partial charge on any atom is -0.472 e. The monoisotopic (exact) mass is 366 g/mol. The number of carbonyl (C=O) groups excluding carboxylic acids is 1. The molecule has 0 aliphatic rings. The number of aromatic nitrogens is 1. The van der Waals surface area contributed by atoms with Crippen molar-refractivity contribution in [2.24, 2.45) is 0 Å². The molecule has 1 atom stereocenters. The van der Waals surface area contributed by atoms with E-state index in [2.05, 4.69) is 10.3 Å². The molecule has 0 saturated heterocycles. The number of pyridine rings is 1. The van der Waals surface area contributed by atoms with Crippen LogP contribution in [0.1, 0.15) is 27.4 Å². The summed E-state index contributed by atoms with van der Waals surface area (Å²) in [5.41, 5.74) is -2.53. The van der Waals surface area contributed by atoms with Crippen molar-refractivity contribution in [3.63, 3.8) is 0 Å². The summed E-state index contributed by atoms with van der Waals surface area (Å²) in [6.45, 7) is -0.292. The van der Waals surface area contributed by atoms with E-state index < -0.39 is 23.4 Å². The van der Waals surface area contributed by atoms with Gasteiger partial charge in [-0.3, -0.25) is 9.78 Å². The number of nitrogens with one attached hydrogen (secondary N) is 1. The van der Waals surface area contributed by atoms with Gasteiger partial charge in [0, 0.05) is 11.8 Å². The zero-order valence-electron chi connectivity index (χ0n) is 13.2. The zero-order chi connectivity index (χ0) is 18.8. The summed E-state index contributed by atoms with van der Waals surface area (Å²) in [6.07, 6.45) is 0.249. The molecule has 26 heavy (non-hydrogen) atoms. The summed E-state index contributed by atoms with van der Waals surface area (Å²) in [7, 11) is 0. The third kappa shape index (κ3) is 3.47. The van der Waals surface area contributed by atoms with Gasteiger partial charge in [0.25, 0.3) is 5.91 Å². The van der Waals surface area contributed by atoms with Crippen LogP contribution in [-0.4, -0.2) is 22.5 Å². The summed E-state index contributed by atoms with van der Waals surface area (Å²) in [5.74, 6) is -0.524. The standard InChI is InChI=1S/C17H13F3N2O4/c18-17(19,20)13-4-3-11(8-21-13)15(23)22-10-16(24,12-5-7-25-9-12)14-2-1-6-26-14/h1-9,24H,10H2,(H,22,23). The fourth-order valence-electron chi connectivity index (χ4n) is 2.35. The van der Waals surface area contributed by atoms with Crippen LogP contribution < -0.4 is 5.32 Å². The largest absolute Gasteiger partial charge is 0.472 e. The van der Waals surface area contributed by atoms with Crippen molar-refractivity contribution in [1.29, 1.82) is 0 Å². The third-order valence-electron chi connectivity index (χ3n) is 3.75. The molecule has 0 radical (unpaired) electrons. The van der Waals surface area contributed by atoms with E-state index in [-0.39, 0.29) is 17.9 Å². The van der Waals surface area contributed by atoms with Crippen molar-refractivity contribution in [2.45, 2.75) is 11.8 Å². The highest BCUT2D eigenvalue weighted by molar-refractivity contribution is 5.93. The number of rotatable bonds is 5. The first kappa shape index (κ1) is 17.7. The smallest absolute Gasteiger partial charge is 0.433 e. The number of amides is 1. The predicted octanol–water partition coefficient (Wildman–Crippen LogP) is 2.95. The number of carbonyl (C=O) groups is 1. The molecule has 0 aliphatic carbocycles. The molecule has 9 heteroatoms. The van der Waals surface area contributed by atoms with Crippen molar-refractivity contribution in [1.82, 2.24) is 10.3 Å². The highest BCUT2D eigenvalue weighted by Crippen LogP contribution is 2.30. The van der Waals surface area contributed by atoms with Crippen LogP contribution in [0.3, 0.4) is 0 Å². The van der Waals surface area contributed by atoms with E-state index in [1.165, 1.54) is 30.9 Å². The summed E-state index contributed by atoms with van der Waals surface area (Å²) in [5, 5.41) is 13.4. The molecule has 136 valence electrons. The van der Waals surface area contributed by atoms with E-state index >= 15 is 0 Å². The SMILES string of the molecule is O=C(NCC(O)(c1ccoc1)c1ccco1)c1ccc(C(F)(F)F)nc1. The van der Waals surface area contributed by atoms with Crippen LogP contribution in [0, 0.1) is 0 Å². The van der Waals surface area contributed by atoms with Gasteiger partial charge in [0.05, 0.1) is 30.9 Å². The number of aliphatic hydroxyl groups is 1. The number of hydrogen-bond donors (Lipinski definition) is 2. The van der Waals surface area contributed by atoms with Gasteiger partial charge in [0.2, 0.25) is 0 Å². The molecular formula is C17H13F3N2O4. The molecule has 0 fully saturated rings. The number of alkyl halides is 3. The average molecular weight is 366 g/mol. The molecule has 3 aromatic rings. The molecule has 2 N–H and O–H groups in total. The molecule has 0 aromatic carbocycles. The molecule has 3 rings (SSSR count). The number of furan rings is 2. The Kier molecular flexibility index (Phi) is 4.56. The Morgan fingerprint density at radius 3 is 2.54 bits per heavy atom. The Morgan fingerprint density at radius 2 is 2.00 bits per heavy atom. The van der Waals surface area contributed by atoms with Crippen molar-refractivity contribution < 1.29 is 31.9 Å². The second kappa shape index (κ2) is 6.68. The molecule has 3 heterocycles. The fourth-order valence-corrected chi connectivity index (χ4v) is 2.35. The van der Waals surface area contributed by atoms with Crippen LogP contribution in [-0.2, 0) is 11.8 Å². The van der Waals surface area contributed by atoms with Crippen molar-refractivity contribution >= 4 is 5.91 Å². The van der Waals surface area contributed by atoms with Crippen LogP contribution in [0.5, 0.6) is 0 Å². The molecule has 3 aromatic heterocycles. The lowest BCUT2D eigenvalue weighted by Gasteiger charge is -2.25. The van der Waals surface area contributed by atoms with E-state index in [1.54, 1.807) is 6.07 Å². The Hall–Kier alpha value is -3.07. The van der Waals surface area contributed by atoms with Crippen molar-refractivity contribution in [3.8, 4) is 0 Å². The van der Waals surface area contributed by atoms with E-state index in [0.717, 1.165) is 12.3 Å². The quantitative estimate of drug-likeness (QED) is 0.725. The lowest BCUT2D eigenvalue weighted by Crippen LogP contribution is -2.41. The molecule has 0 bridgehead atoms. The van der Waals surface area contributed by atoms with Gasteiger partial charge < -0.3 is 19.3 Å². The van der Waals surface area contributed by atoms with Gasteiger partial charge in [0.15, 0.2) is 5.60 Å². The number of halogens is 3. The van der Waals surface area contributed by atoms with Crippen LogP contribution in [0.25, 0.3) is 0 Å². The molecule has 1 amide bonds. The molecule has 0 saturated carbocycles. The minimum absolute atomic E-state index is 0.0769. The summed E-state index contributed by atoms with van der Waals surface area (Å²) < 4.78 is 47.8. The van der Waals surface area contributed by atoms with Crippen molar-refractivity contribution in [3.05, 3.63) is 77.9 Å². The van der Waals surface area contributed by atoms with Gasteiger partial charge in [0.1, 0.15) is 11.5 Å². The molecule has 0 spiro atoms. The summed E-state index contributed by atoms with van der Waals surface area (Å²) >= 11 is 0. The maximum Gasteiger partial charge on any atom is 0.433 e. The topological polar surface area (TPSA) is 88.5 Å². The van der Waals surface area contributed by atoms with E-state index in [9.17, 15) is 23.1 Å². The average Bonchev–Trinajstić information content (AvgIpc) is 3.32. The van der Waals surface area contributed by atoms with Crippen LogP contribution in [0.15, 0.2) is 64.2 Å². The van der Waals surface area contributed by atoms with E-state index in [4.69, 9.17) is 8.83 Å². The van der Waals surface area contributed by atoms with Crippen LogP contribution in [0.2, 0.25) is 0 Å². The minimum atomic E-state index is -4.59. The second-order valence-corrected chi connectivity index (χ2v) is 5.46. The Balaban J connectivity index is 1.76. The van der Waals surface area contributed by atoms with Gasteiger partial charge in [-0.15, -0.1) is 0 Å². The molecule has 1 unspecified atom stereocenters. The van der Waals surface area contributed by atoms with E-state index in [1.807, 2.05) is 0 Å². The van der Waals surface area contributed by atoms with Crippen LogP contribution in [0.4, 0.5) is 13.2 Å². The lowest BCUT2D eigenvalue weighted by atomic mass is 9.93.